The Morgan fingerprint density at radius 3 is 2.55 bits per heavy atom. The number of methoxy groups -OCH3 is 1. The van der Waals surface area contributed by atoms with Crippen molar-refractivity contribution >= 4 is 16.6 Å². The van der Waals surface area contributed by atoms with Crippen LogP contribution < -0.4 is 15.6 Å². The monoisotopic (exact) mass is 529 g/mol. The predicted molar refractivity (Wildman–Crippen MR) is 129 cm³/mol. The molecule has 1 N–H and O–H groups in total. The lowest BCUT2D eigenvalue weighted by Gasteiger charge is -2.19. The second kappa shape index (κ2) is 9.49. The van der Waals surface area contributed by atoms with Gasteiger partial charge in [-0.1, -0.05) is 6.07 Å². The van der Waals surface area contributed by atoms with E-state index in [4.69, 9.17) is 4.74 Å². The topological polar surface area (TPSA) is 112 Å². The molecule has 0 aliphatic carbocycles. The van der Waals surface area contributed by atoms with Gasteiger partial charge in [0.2, 0.25) is 0 Å². The lowest BCUT2D eigenvalue weighted by atomic mass is 10.0. The maximum absolute atomic E-state index is 14.6. The van der Waals surface area contributed by atoms with Crippen LogP contribution in [0.3, 0.4) is 0 Å². The van der Waals surface area contributed by atoms with Crippen molar-refractivity contribution in [3.63, 3.8) is 0 Å². The molecule has 1 fully saturated rings. The van der Waals surface area contributed by atoms with Crippen molar-refractivity contribution < 1.29 is 27.2 Å². The summed E-state index contributed by atoms with van der Waals surface area (Å²) in [6, 6.07) is 7.58. The zero-order valence-corrected chi connectivity index (χ0v) is 19.8. The van der Waals surface area contributed by atoms with Crippen molar-refractivity contribution in [2.75, 3.05) is 13.7 Å². The second-order valence-electron chi connectivity index (χ2n) is 8.65. The molecule has 4 aromatic rings. The molecule has 0 amide bonds. The number of benzene rings is 2. The molecule has 196 valence electrons. The fourth-order valence-corrected chi connectivity index (χ4v) is 4.52. The number of aromatic nitrogens is 3. The Morgan fingerprint density at radius 1 is 1.18 bits per heavy atom. The van der Waals surface area contributed by atoms with E-state index in [1.54, 1.807) is 0 Å². The lowest BCUT2D eigenvalue weighted by Crippen LogP contribution is -2.29. The van der Waals surface area contributed by atoms with Gasteiger partial charge in [0.25, 0.3) is 11.2 Å². The number of nitrogens with zero attached hydrogens (tertiary/aromatic N) is 4. The third-order valence-corrected chi connectivity index (χ3v) is 6.32. The SMILES string of the molecule is COc1ccc(-n2c([C@H]3CCCN3)nc3c(-c4ccc(C(F)(F)F)nc4)cc([N+](=O)[O-])cc3c2=O)cc1F. The van der Waals surface area contributed by atoms with Crippen molar-refractivity contribution in [3.05, 3.63) is 86.5 Å². The normalized spacial score (nSPS) is 15.7. The Hall–Kier alpha value is -4.39. The number of nitrogens with one attached hydrogen (secondary N) is 1. The maximum Gasteiger partial charge on any atom is 0.433 e. The number of fused-ring (bicyclic) bond motifs is 1. The van der Waals surface area contributed by atoms with Crippen LogP contribution in [0.2, 0.25) is 0 Å². The molecule has 5 rings (SSSR count). The van der Waals surface area contributed by atoms with Gasteiger partial charge in [-0.15, -0.1) is 0 Å². The first-order valence-electron chi connectivity index (χ1n) is 11.4. The van der Waals surface area contributed by atoms with Gasteiger partial charge in [-0.05, 0) is 37.6 Å². The Bertz CT molecular complexity index is 1610. The van der Waals surface area contributed by atoms with Crippen LogP contribution in [-0.2, 0) is 6.18 Å². The van der Waals surface area contributed by atoms with E-state index < -0.39 is 39.9 Å². The minimum Gasteiger partial charge on any atom is -0.494 e. The van der Waals surface area contributed by atoms with Crippen LogP contribution in [-0.4, -0.2) is 33.1 Å². The van der Waals surface area contributed by atoms with Gasteiger partial charge in [0.15, 0.2) is 11.6 Å². The van der Waals surface area contributed by atoms with Crippen molar-refractivity contribution in [3.8, 4) is 22.6 Å². The van der Waals surface area contributed by atoms with E-state index in [9.17, 15) is 32.5 Å². The van der Waals surface area contributed by atoms with Crippen LogP contribution in [0.15, 0.2) is 53.5 Å². The van der Waals surface area contributed by atoms with Gasteiger partial charge in [0, 0.05) is 35.5 Å². The van der Waals surface area contributed by atoms with Crippen LogP contribution in [0.1, 0.15) is 30.4 Å². The van der Waals surface area contributed by atoms with Crippen molar-refractivity contribution in [2.45, 2.75) is 25.1 Å². The zero-order valence-electron chi connectivity index (χ0n) is 19.8. The van der Waals surface area contributed by atoms with Gasteiger partial charge < -0.3 is 10.1 Å². The molecule has 0 spiro atoms. The van der Waals surface area contributed by atoms with Gasteiger partial charge in [0.1, 0.15) is 11.5 Å². The van der Waals surface area contributed by atoms with Crippen LogP contribution in [0.5, 0.6) is 5.75 Å². The van der Waals surface area contributed by atoms with E-state index in [2.05, 4.69) is 15.3 Å². The average molecular weight is 529 g/mol. The highest BCUT2D eigenvalue weighted by molar-refractivity contribution is 5.95. The minimum atomic E-state index is -4.68. The summed E-state index contributed by atoms with van der Waals surface area (Å²) in [5, 5.41) is 14.8. The molecule has 1 saturated heterocycles. The number of ether oxygens (including phenoxy) is 1. The molecule has 0 saturated carbocycles. The number of hydrogen-bond acceptors (Lipinski definition) is 7. The molecule has 9 nitrogen and oxygen atoms in total. The number of nitro benzene ring substituents is 1. The maximum atomic E-state index is 14.6. The Labute approximate surface area is 211 Å². The van der Waals surface area contributed by atoms with E-state index in [1.807, 2.05) is 0 Å². The minimum absolute atomic E-state index is 0.0381. The standard InChI is InChI=1S/C25H19F4N5O4/c1-38-20-6-5-14(11-18(20)26)33-23(19-3-2-8-30-19)32-22-16(9-15(34(36)37)10-17(22)24(33)35)13-4-7-21(31-12-13)25(27,28)29/h4-7,9-12,19,30H,2-3,8H2,1H3/t19-/m1/s1. The van der Waals surface area contributed by atoms with Crippen LogP contribution in [0.25, 0.3) is 27.7 Å². The molecule has 2 aromatic heterocycles. The van der Waals surface area contributed by atoms with E-state index in [-0.39, 0.29) is 39.3 Å². The molecule has 1 aliphatic rings. The fraction of sp³-hybridized carbons (Fsp3) is 0.240. The Morgan fingerprint density at radius 2 is 1.97 bits per heavy atom. The average Bonchev–Trinajstić information content (AvgIpc) is 3.42. The number of hydrogen-bond donors (Lipinski definition) is 1. The summed E-state index contributed by atoms with van der Waals surface area (Å²) in [4.78, 5) is 33.0. The molecule has 1 aliphatic heterocycles. The molecular formula is C25H19F4N5O4. The number of non-ortho nitro benzene ring substituents is 1. The lowest BCUT2D eigenvalue weighted by molar-refractivity contribution is -0.384. The first-order chi connectivity index (χ1) is 18.1. The van der Waals surface area contributed by atoms with E-state index in [1.165, 1.54) is 23.8 Å². The summed E-state index contributed by atoms with van der Waals surface area (Å²) >= 11 is 0. The quantitative estimate of drug-likeness (QED) is 0.221. The summed E-state index contributed by atoms with van der Waals surface area (Å²) in [6.45, 7) is 0.644. The zero-order chi connectivity index (χ0) is 27.2. The Kier molecular flexibility index (Phi) is 6.31. The first-order valence-corrected chi connectivity index (χ1v) is 11.4. The van der Waals surface area contributed by atoms with E-state index in [0.29, 0.717) is 13.0 Å². The summed E-state index contributed by atoms with van der Waals surface area (Å²) in [5.41, 5.74) is -1.94. The third kappa shape index (κ3) is 4.45. The van der Waals surface area contributed by atoms with Gasteiger partial charge in [-0.2, -0.15) is 13.2 Å². The van der Waals surface area contributed by atoms with Gasteiger partial charge >= 0.3 is 6.18 Å². The highest BCUT2D eigenvalue weighted by atomic mass is 19.4. The molecule has 3 heterocycles. The number of nitro groups is 1. The smallest absolute Gasteiger partial charge is 0.433 e. The third-order valence-electron chi connectivity index (χ3n) is 6.32. The fourth-order valence-electron chi connectivity index (χ4n) is 4.52. The number of alkyl halides is 3. The largest absolute Gasteiger partial charge is 0.494 e. The number of pyridine rings is 1. The molecule has 1 atom stereocenters. The molecule has 2 aromatic carbocycles. The molecule has 0 radical (unpaired) electrons. The van der Waals surface area contributed by atoms with Crippen molar-refractivity contribution in [1.29, 1.82) is 0 Å². The molecular weight excluding hydrogens is 510 g/mol. The van der Waals surface area contributed by atoms with Crippen LogP contribution >= 0.6 is 0 Å². The summed E-state index contributed by atoms with van der Waals surface area (Å²) in [5.74, 6) is -0.527. The first kappa shape index (κ1) is 25.3. The van der Waals surface area contributed by atoms with Gasteiger partial charge in [0.05, 0.1) is 34.7 Å². The van der Waals surface area contributed by atoms with Gasteiger partial charge in [-0.3, -0.25) is 24.5 Å². The highest BCUT2D eigenvalue weighted by Crippen LogP contribution is 2.35. The number of rotatable bonds is 5. The Balaban J connectivity index is 1.82. The summed E-state index contributed by atoms with van der Waals surface area (Å²) < 4.78 is 59.9. The molecule has 0 unspecified atom stereocenters. The van der Waals surface area contributed by atoms with Crippen LogP contribution in [0, 0.1) is 15.9 Å². The van der Waals surface area contributed by atoms with E-state index >= 15 is 0 Å². The number of halogens is 4. The summed E-state index contributed by atoms with van der Waals surface area (Å²) in [6.07, 6.45) is -2.35. The van der Waals surface area contributed by atoms with Crippen molar-refractivity contribution in [2.24, 2.45) is 0 Å². The molecule has 13 heteroatoms. The predicted octanol–water partition coefficient (Wildman–Crippen LogP) is 4.95. The van der Waals surface area contributed by atoms with Crippen LogP contribution in [0.4, 0.5) is 23.2 Å². The van der Waals surface area contributed by atoms with Gasteiger partial charge in [-0.25, -0.2) is 9.37 Å². The van der Waals surface area contributed by atoms with Crippen molar-refractivity contribution in [1.82, 2.24) is 19.9 Å². The van der Waals surface area contributed by atoms with E-state index in [0.717, 1.165) is 42.9 Å². The molecule has 0 bridgehead atoms. The highest BCUT2D eigenvalue weighted by Gasteiger charge is 2.32. The molecule has 38 heavy (non-hydrogen) atoms. The second-order valence-corrected chi connectivity index (χ2v) is 8.65. The summed E-state index contributed by atoms with van der Waals surface area (Å²) in [7, 11) is 1.30.